The van der Waals surface area contributed by atoms with E-state index in [0.29, 0.717) is 49.0 Å². The van der Waals surface area contributed by atoms with Crippen molar-refractivity contribution < 1.29 is 8.42 Å². The molecule has 1 aromatic heterocycles. The van der Waals surface area contributed by atoms with E-state index in [1.54, 1.807) is 22.5 Å². The molecule has 168 valence electrons. The number of anilines is 1. The fraction of sp³-hybridized carbons (Fsp3) is 0.333. The average molecular weight is 453 g/mol. The molecule has 0 radical (unpaired) electrons. The van der Waals surface area contributed by atoms with Crippen LogP contribution in [0.2, 0.25) is 0 Å². The van der Waals surface area contributed by atoms with Crippen molar-refractivity contribution in [2.24, 2.45) is 0 Å². The van der Waals surface area contributed by atoms with Crippen molar-refractivity contribution in [3.63, 3.8) is 0 Å². The van der Waals surface area contributed by atoms with Crippen LogP contribution in [-0.2, 0) is 16.4 Å². The van der Waals surface area contributed by atoms with Gasteiger partial charge in [0.1, 0.15) is 5.82 Å². The van der Waals surface area contributed by atoms with Crippen LogP contribution >= 0.6 is 0 Å². The Bertz CT molecular complexity index is 1210. The molecule has 8 heteroatoms. The molecule has 3 aromatic rings. The van der Waals surface area contributed by atoms with Gasteiger partial charge in [0.25, 0.3) is 5.56 Å². The quantitative estimate of drug-likeness (QED) is 0.575. The van der Waals surface area contributed by atoms with Gasteiger partial charge >= 0.3 is 0 Å². The summed E-state index contributed by atoms with van der Waals surface area (Å²) in [6, 6.07) is 19.7. The number of hydrogen-bond donors (Lipinski definition) is 0. The highest BCUT2D eigenvalue weighted by Crippen LogP contribution is 2.20. The van der Waals surface area contributed by atoms with Gasteiger partial charge in [-0.25, -0.2) is 8.42 Å². The number of para-hydroxylation sites is 1. The minimum Gasteiger partial charge on any atom is -0.354 e. The van der Waals surface area contributed by atoms with E-state index in [1.165, 1.54) is 10.7 Å². The van der Waals surface area contributed by atoms with Gasteiger partial charge in [0.05, 0.1) is 10.6 Å². The van der Waals surface area contributed by atoms with Crippen molar-refractivity contribution in [2.75, 3.05) is 31.1 Å². The van der Waals surface area contributed by atoms with E-state index >= 15 is 0 Å². The highest BCUT2D eigenvalue weighted by Gasteiger charge is 2.27. The summed E-state index contributed by atoms with van der Waals surface area (Å²) < 4.78 is 29.3. The smallest absolute Gasteiger partial charge is 0.271 e. The summed E-state index contributed by atoms with van der Waals surface area (Å²) in [5.74, 6) is 0.664. The molecule has 2 heterocycles. The Kier molecular flexibility index (Phi) is 6.72. The number of aryl methyl sites for hydroxylation is 1. The topological polar surface area (TPSA) is 75.5 Å². The molecule has 0 aliphatic carbocycles. The number of rotatable bonds is 6. The second kappa shape index (κ2) is 9.67. The van der Waals surface area contributed by atoms with Gasteiger partial charge in [0.2, 0.25) is 10.0 Å². The highest BCUT2D eigenvalue weighted by molar-refractivity contribution is 7.89. The fourth-order valence-corrected chi connectivity index (χ4v) is 5.42. The van der Waals surface area contributed by atoms with E-state index in [1.807, 2.05) is 47.4 Å². The minimum absolute atomic E-state index is 0.203. The van der Waals surface area contributed by atoms with Crippen LogP contribution in [0.3, 0.4) is 0 Å². The zero-order chi connectivity index (χ0) is 22.6. The van der Waals surface area contributed by atoms with E-state index in [9.17, 15) is 13.2 Å². The Hall–Kier alpha value is -2.97. The number of hydrogen-bond acceptors (Lipinski definition) is 5. The summed E-state index contributed by atoms with van der Waals surface area (Å²) in [5.41, 5.74) is 1.64. The molecule has 0 atom stereocenters. The van der Waals surface area contributed by atoms with Crippen LogP contribution in [0.15, 0.2) is 76.4 Å². The number of benzene rings is 2. The highest BCUT2D eigenvalue weighted by atomic mass is 32.2. The van der Waals surface area contributed by atoms with Gasteiger partial charge in [0.15, 0.2) is 0 Å². The summed E-state index contributed by atoms with van der Waals surface area (Å²) in [6.45, 7) is 4.10. The first-order chi connectivity index (χ1) is 15.5. The molecule has 1 fully saturated rings. The van der Waals surface area contributed by atoms with Crippen molar-refractivity contribution in [3.8, 4) is 5.69 Å². The fourth-order valence-electron chi connectivity index (χ4n) is 3.95. The number of nitrogens with zero attached hydrogens (tertiary/aromatic N) is 4. The lowest BCUT2D eigenvalue weighted by Crippen LogP contribution is -2.36. The van der Waals surface area contributed by atoms with Crippen LogP contribution < -0.4 is 10.5 Å². The van der Waals surface area contributed by atoms with E-state index in [-0.39, 0.29) is 5.56 Å². The van der Waals surface area contributed by atoms with Crippen molar-refractivity contribution in [1.29, 1.82) is 0 Å². The Morgan fingerprint density at radius 3 is 2.34 bits per heavy atom. The third kappa shape index (κ3) is 4.76. The number of aromatic nitrogens is 2. The minimum atomic E-state index is -3.55. The Labute approximate surface area is 189 Å². The molecule has 0 saturated carbocycles. The SMILES string of the molecule is CCCc1ccc(S(=O)(=O)N2CCCN(c3ccc(=O)n(-c4ccccc4)n3)CC2)cc1. The molecule has 0 spiro atoms. The standard InChI is InChI=1S/C24H28N4O3S/c1-2-7-20-10-12-22(13-11-20)32(30,31)27-17-6-16-26(18-19-27)23-14-15-24(29)28(25-23)21-8-4-3-5-9-21/h3-5,8-15H,2,6-7,16-19H2,1H3. The Morgan fingerprint density at radius 1 is 0.875 bits per heavy atom. The van der Waals surface area contributed by atoms with Crippen LogP contribution in [0.4, 0.5) is 5.82 Å². The summed E-state index contributed by atoms with van der Waals surface area (Å²) in [7, 11) is -3.55. The van der Waals surface area contributed by atoms with Gasteiger partial charge < -0.3 is 4.90 Å². The van der Waals surface area contributed by atoms with Crippen LogP contribution in [-0.4, -0.2) is 48.7 Å². The monoisotopic (exact) mass is 452 g/mol. The average Bonchev–Trinajstić information content (AvgIpc) is 3.08. The van der Waals surface area contributed by atoms with E-state index in [0.717, 1.165) is 18.4 Å². The lowest BCUT2D eigenvalue weighted by atomic mass is 10.1. The molecule has 7 nitrogen and oxygen atoms in total. The maximum Gasteiger partial charge on any atom is 0.271 e. The summed E-state index contributed by atoms with van der Waals surface area (Å²) in [4.78, 5) is 14.7. The molecule has 32 heavy (non-hydrogen) atoms. The molecule has 0 bridgehead atoms. The van der Waals surface area contributed by atoms with Gasteiger partial charge in [-0.2, -0.15) is 8.99 Å². The third-order valence-corrected chi connectivity index (χ3v) is 7.58. The molecule has 0 amide bonds. The van der Waals surface area contributed by atoms with Crippen molar-refractivity contribution in [3.05, 3.63) is 82.6 Å². The lowest BCUT2D eigenvalue weighted by Gasteiger charge is -2.23. The molecule has 0 N–H and O–H groups in total. The van der Waals surface area contributed by atoms with E-state index < -0.39 is 10.0 Å². The van der Waals surface area contributed by atoms with Crippen molar-refractivity contribution in [1.82, 2.24) is 14.1 Å². The second-order valence-corrected chi connectivity index (χ2v) is 9.85. The summed E-state index contributed by atoms with van der Waals surface area (Å²) in [5, 5.41) is 4.54. The van der Waals surface area contributed by atoms with Crippen LogP contribution in [0.25, 0.3) is 5.69 Å². The first-order valence-corrected chi connectivity index (χ1v) is 12.4. The van der Waals surface area contributed by atoms with Crippen molar-refractivity contribution >= 4 is 15.8 Å². The van der Waals surface area contributed by atoms with Crippen LogP contribution in [0, 0.1) is 0 Å². The largest absolute Gasteiger partial charge is 0.354 e. The molecule has 1 aliphatic rings. The molecular weight excluding hydrogens is 424 g/mol. The molecule has 2 aromatic carbocycles. The third-order valence-electron chi connectivity index (χ3n) is 5.67. The molecule has 4 rings (SSSR count). The Balaban J connectivity index is 1.51. The van der Waals surface area contributed by atoms with Crippen LogP contribution in [0.1, 0.15) is 25.3 Å². The van der Waals surface area contributed by atoms with Crippen LogP contribution in [0.5, 0.6) is 0 Å². The molecule has 1 aliphatic heterocycles. The van der Waals surface area contributed by atoms with Gasteiger partial charge in [0, 0.05) is 32.2 Å². The molecule has 0 unspecified atom stereocenters. The lowest BCUT2D eigenvalue weighted by molar-refractivity contribution is 0.433. The second-order valence-electron chi connectivity index (χ2n) is 7.92. The predicted octanol–water partition coefficient (Wildman–Crippen LogP) is 3.09. The first kappa shape index (κ1) is 22.2. The van der Waals surface area contributed by atoms with Gasteiger partial charge in [-0.3, -0.25) is 4.79 Å². The van der Waals surface area contributed by atoms with Gasteiger partial charge in [-0.05, 0) is 48.7 Å². The zero-order valence-corrected chi connectivity index (χ0v) is 19.0. The predicted molar refractivity (Wildman–Crippen MR) is 126 cm³/mol. The van der Waals surface area contributed by atoms with Crippen molar-refractivity contribution in [2.45, 2.75) is 31.1 Å². The molecular formula is C24H28N4O3S. The Morgan fingerprint density at radius 2 is 1.62 bits per heavy atom. The summed E-state index contributed by atoms with van der Waals surface area (Å²) >= 11 is 0. The van der Waals surface area contributed by atoms with Gasteiger partial charge in [-0.15, -0.1) is 5.10 Å². The molecule has 1 saturated heterocycles. The number of sulfonamides is 1. The normalized spacial score (nSPS) is 15.5. The maximum absolute atomic E-state index is 13.2. The van der Waals surface area contributed by atoms with E-state index in [4.69, 9.17) is 0 Å². The first-order valence-electron chi connectivity index (χ1n) is 11.0. The summed E-state index contributed by atoms with van der Waals surface area (Å²) in [6.07, 6.45) is 2.65. The maximum atomic E-state index is 13.2. The van der Waals surface area contributed by atoms with E-state index in [2.05, 4.69) is 12.0 Å². The zero-order valence-electron chi connectivity index (χ0n) is 18.2. The van der Waals surface area contributed by atoms with Gasteiger partial charge in [-0.1, -0.05) is 43.7 Å².